The SMILES string of the molecule is CCCCNC(=NC)NCCc1c(F)cccc1Cl. The molecule has 2 N–H and O–H groups in total. The van der Waals surface area contributed by atoms with Crippen LogP contribution in [0.25, 0.3) is 0 Å². The Hall–Kier alpha value is -1.29. The molecule has 0 heterocycles. The normalized spacial score (nSPS) is 11.5. The van der Waals surface area contributed by atoms with Crippen molar-refractivity contribution in [2.24, 2.45) is 4.99 Å². The fourth-order valence-corrected chi connectivity index (χ4v) is 1.94. The van der Waals surface area contributed by atoms with Crippen molar-refractivity contribution in [2.45, 2.75) is 26.2 Å². The van der Waals surface area contributed by atoms with Gasteiger partial charge in [0.15, 0.2) is 5.96 Å². The number of rotatable bonds is 6. The third kappa shape index (κ3) is 5.47. The van der Waals surface area contributed by atoms with E-state index in [9.17, 15) is 4.39 Å². The molecule has 0 atom stereocenters. The number of benzene rings is 1. The second-order valence-electron chi connectivity index (χ2n) is 4.23. The van der Waals surface area contributed by atoms with Crippen LogP contribution in [0.4, 0.5) is 4.39 Å². The van der Waals surface area contributed by atoms with E-state index in [1.807, 2.05) is 0 Å². The molecule has 0 bridgehead atoms. The highest BCUT2D eigenvalue weighted by Gasteiger charge is 2.06. The van der Waals surface area contributed by atoms with Gasteiger partial charge in [-0.2, -0.15) is 0 Å². The molecule has 0 aromatic heterocycles. The summed E-state index contributed by atoms with van der Waals surface area (Å²) in [5, 5.41) is 6.81. The highest BCUT2D eigenvalue weighted by atomic mass is 35.5. The lowest BCUT2D eigenvalue weighted by atomic mass is 10.1. The maximum atomic E-state index is 13.5. The molecule has 3 nitrogen and oxygen atoms in total. The number of unbranched alkanes of at least 4 members (excludes halogenated alkanes) is 1. The smallest absolute Gasteiger partial charge is 0.190 e. The molecule has 0 saturated heterocycles. The van der Waals surface area contributed by atoms with E-state index in [-0.39, 0.29) is 5.82 Å². The summed E-state index contributed by atoms with van der Waals surface area (Å²) in [5.41, 5.74) is 0.542. The fraction of sp³-hybridized carbons (Fsp3) is 0.500. The molecule has 0 unspecified atom stereocenters. The first-order valence-electron chi connectivity index (χ1n) is 6.56. The largest absolute Gasteiger partial charge is 0.356 e. The molecular formula is C14H21ClFN3. The van der Waals surface area contributed by atoms with Gasteiger partial charge in [-0.05, 0) is 25.0 Å². The molecule has 19 heavy (non-hydrogen) atoms. The Morgan fingerprint density at radius 1 is 1.32 bits per heavy atom. The van der Waals surface area contributed by atoms with E-state index in [1.54, 1.807) is 19.2 Å². The van der Waals surface area contributed by atoms with Gasteiger partial charge in [-0.25, -0.2) is 4.39 Å². The Morgan fingerprint density at radius 3 is 2.68 bits per heavy atom. The number of nitrogens with one attached hydrogen (secondary N) is 2. The summed E-state index contributed by atoms with van der Waals surface area (Å²) >= 11 is 5.97. The fourth-order valence-electron chi connectivity index (χ4n) is 1.68. The molecular weight excluding hydrogens is 265 g/mol. The molecule has 106 valence electrons. The highest BCUT2D eigenvalue weighted by Crippen LogP contribution is 2.18. The first-order valence-corrected chi connectivity index (χ1v) is 6.94. The lowest BCUT2D eigenvalue weighted by Gasteiger charge is -2.12. The van der Waals surface area contributed by atoms with E-state index in [1.165, 1.54) is 6.07 Å². The molecule has 5 heteroatoms. The summed E-state index contributed by atoms with van der Waals surface area (Å²) in [7, 11) is 1.72. The van der Waals surface area contributed by atoms with Crippen molar-refractivity contribution in [3.63, 3.8) is 0 Å². The Balaban J connectivity index is 2.40. The quantitative estimate of drug-likeness (QED) is 0.479. The Labute approximate surface area is 119 Å². The molecule has 0 aliphatic carbocycles. The second-order valence-corrected chi connectivity index (χ2v) is 4.64. The Bertz CT molecular complexity index is 401. The number of nitrogens with zero attached hydrogens (tertiary/aromatic N) is 1. The zero-order chi connectivity index (χ0) is 14.1. The lowest BCUT2D eigenvalue weighted by molar-refractivity contribution is 0.606. The van der Waals surface area contributed by atoms with E-state index in [4.69, 9.17) is 11.6 Å². The number of hydrogen-bond acceptors (Lipinski definition) is 1. The molecule has 0 fully saturated rings. The van der Waals surface area contributed by atoms with Crippen LogP contribution in [-0.4, -0.2) is 26.1 Å². The lowest BCUT2D eigenvalue weighted by Crippen LogP contribution is -2.38. The number of guanidine groups is 1. The highest BCUT2D eigenvalue weighted by molar-refractivity contribution is 6.31. The van der Waals surface area contributed by atoms with Gasteiger partial charge in [-0.15, -0.1) is 0 Å². The van der Waals surface area contributed by atoms with E-state index in [0.29, 0.717) is 23.6 Å². The van der Waals surface area contributed by atoms with Crippen molar-refractivity contribution in [1.29, 1.82) is 0 Å². The van der Waals surface area contributed by atoms with Gasteiger partial charge in [-0.3, -0.25) is 4.99 Å². The van der Waals surface area contributed by atoms with Crippen LogP contribution in [0.5, 0.6) is 0 Å². The van der Waals surface area contributed by atoms with Crippen molar-refractivity contribution in [3.8, 4) is 0 Å². The molecule has 0 amide bonds. The van der Waals surface area contributed by atoms with Gasteiger partial charge < -0.3 is 10.6 Å². The van der Waals surface area contributed by atoms with Gasteiger partial charge in [0.25, 0.3) is 0 Å². The average molecular weight is 286 g/mol. The van der Waals surface area contributed by atoms with E-state index < -0.39 is 0 Å². The third-order valence-corrected chi connectivity index (χ3v) is 3.13. The van der Waals surface area contributed by atoms with Gasteiger partial charge in [0.05, 0.1) is 0 Å². The summed E-state index contributed by atoms with van der Waals surface area (Å²) < 4.78 is 13.5. The number of halogens is 2. The number of aliphatic imine (C=N–C) groups is 1. The summed E-state index contributed by atoms with van der Waals surface area (Å²) in [5.74, 6) is 0.476. The first kappa shape index (κ1) is 15.8. The topological polar surface area (TPSA) is 36.4 Å². The zero-order valence-electron chi connectivity index (χ0n) is 11.5. The van der Waals surface area contributed by atoms with E-state index in [0.717, 1.165) is 25.3 Å². The standard InChI is InChI=1S/C14H21ClFN3/c1-3-4-9-18-14(17-2)19-10-8-11-12(15)6-5-7-13(11)16/h5-7H,3-4,8-10H2,1-2H3,(H2,17,18,19). The Morgan fingerprint density at radius 2 is 2.05 bits per heavy atom. The van der Waals surface area contributed by atoms with Crippen LogP contribution in [-0.2, 0) is 6.42 Å². The van der Waals surface area contributed by atoms with Crippen molar-refractivity contribution < 1.29 is 4.39 Å². The molecule has 1 rings (SSSR count). The maximum Gasteiger partial charge on any atom is 0.190 e. The van der Waals surface area contributed by atoms with Gasteiger partial charge in [0.1, 0.15) is 5.82 Å². The van der Waals surface area contributed by atoms with Crippen LogP contribution in [0.1, 0.15) is 25.3 Å². The van der Waals surface area contributed by atoms with Crippen molar-refractivity contribution in [1.82, 2.24) is 10.6 Å². The predicted octanol–water partition coefficient (Wildman–Crippen LogP) is 2.99. The average Bonchev–Trinajstić information content (AvgIpc) is 2.40. The van der Waals surface area contributed by atoms with Gasteiger partial charge in [-0.1, -0.05) is 31.0 Å². The van der Waals surface area contributed by atoms with Crippen LogP contribution in [0.15, 0.2) is 23.2 Å². The van der Waals surface area contributed by atoms with E-state index >= 15 is 0 Å². The van der Waals surface area contributed by atoms with Crippen molar-refractivity contribution in [3.05, 3.63) is 34.6 Å². The Kier molecular flexibility index (Phi) is 7.26. The monoisotopic (exact) mass is 285 g/mol. The summed E-state index contributed by atoms with van der Waals surface area (Å²) in [6.07, 6.45) is 2.76. The molecule has 1 aromatic carbocycles. The minimum atomic E-state index is -0.261. The maximum absolute atomic E-state index is 13.5. The molecule has 0 aliphatic rings. The van der Waals surface area contributed by atoms with Gasteiger partial charge in [0.2, 0.25) is 0 Å². The van der Waals surface area contributed by atoms with Crippen LogP contribution in [0.3, 0.4) is 0 Å². The second kappa shape index (κ2) is 8.75. The minimum absolute atomic E-state index is 0.261. The number of hydrogen-bond donors (Lipinski definition) is 2. The summed E-state index contributed by atoms with van der Waals surface area (Å²) in [4.78, 5) is 4.10. The minimum Gasteiger partial charge on any atom is -0.356 e. The van der Waals surface area contributed by atoms with Crippen LogP contribution in [0, 0.1) is 5.82 Å². The van der Waals surface area contributed by atoms with Gasteiger partial charge >= 0.3 is 0 Å². The molecule has 0 radical (unpaired) electrons. The summed E-state index contributed by atoms with van der Waals surface area (Å²) in [6.45, 7) is 3.61. The third-order valence-electron chi connectivity index (χ3n) is 2.78. The molecule has 0 saturated carbocycles. The van der Waals surface area contributed by atoms with Crippen LogP contribution < -0.4 is 10.6 Å². The molecule has 0 aliphatic heterocycles. The van der Waals surface area contributed by atoms with E-state index in [2.05, 4.69) is 22.5 Å². The predicted molar refractivity (Wildman–Crippen MR) is 79.4 cm³/mol. The first-order chi connectivity index (χ1) is 9.19. The van der Waals surface area contributed by atoms with Crippen molar-refractivity contribution in [2.75, 3.05) is 20.1 Å². The summed E-state index contributed by atoms with van der Waals surface area (Å²) in [6, 6.07) is 4.74. The van der Waals surface area contributed by atoms with Crippen LogP contribution in [0.2, 0.25) is 5.02 Å². The molecule has 1 aromatic rings. The van der Waals surface area contributed by atoms with Crippen LogP contribution >= 0.6 is 11.6 Å². The van der Waals surface area contributed by atoms with Crippen molar-refractivity contribution >= 4 is 17.6 Å². The van der Waals surface area contributed by atoms with Gasteiger partial charge in [0, 0.05) is 30.7 Å². The molecule has 0 spiro atoms. The zero-order valence-corrected chi connectivity index (χ0v) is 12.2.